The minimum Gasteiger partial charge on any atom is -0.497 e. The van der Waals surface area contributed by atoms with E-state index in [1.54, 1.807) is 14.2 Å². The Kier molecular flexibility index (Phi) is 3.95. The predicted octanol–water partition coefficient (Wildman–Crippen LogP) is 1.44. The summed E-state index contributed by atoms with van der Waals surface area (Å²) in [5.74, 6) is 1.22. The molecule has 0 aliphatic carbocycles. The van der Waals surface area contributed by atoms with Crippen LogP contribution in [0.4, 0.5) is 0 Å². The molecule has 5 heteroatoms. The Labute approximate surface area is 112 Å². The molecule has 0 amide bonds. The van der Waals surface area contributed by atoms with Crippen LogP contribution < -0.4 is 9.47 Å². The van der Waals surface area contributed by atoms with Gasteiger partial charge in [-0.25, -0.2) is 0 Å². The maximum absolute atomic E-state index is 11.9. The average Bonchev–Trinajstić information content (AvgIpc) is 2.41. The van der Waals surface area contributed by atoms with Crippen molar-refractivity contribution in [2.45, 2.75) is 6.42 Å². The second-order valence-corrected chi connectivity index (χ2v) is 4.62. The van der Waals surface area contributed by atoms with E-state index in [0.29, 0.717) is 19.6 Å². The van der Waals surface area contributed by atoms with E-state index in [2.05, 4.69) is 0 Å². The number of esters is 1. The summed E-state index contributed by atoms with van der Waals surface area (Å²) in [6.45, 7) is 0.750. The van der Waals surface area contributed by atoms with Crippen molar-refractivity contribution in [1.82, 2.24) is 0 Å². The van der Waals surface area contributed by atoms with E-state index in [1.807, 2.05) is 18.2 Å². The van der Waals surface area contributed by atoms with Crippen molar-refractivity contribution in [3.63, 3.8) is 0 Å². The third-order valence-corrected chi connectivity index (χ3v) is 3.39. The number of hydrogen-bond acceptors (Lipinski definition) is 5. The van der Waals surface area contributed by atoms with Crippen LogP contribution in [0.3, 0.4) is 0 Å². The van der Waals surface area contributed by atoms with Crippen molar-refractivity contribution >= 4 is 5.97 Å². The molecule has 1 aliphatic heterocycles. The van der Waals surface area contributed by atoms with Crippen LogP contribution in [0.1, 0.15) is 5.56 Å². The fraction of sp³-hybridized carbons (Fsp3) is 0.500. The highest BCUT2D eigenvalue weighted by molar-refractivity contribution is 5.78. The maximum atomic E-state index is 11.9. The summed E-state index contributed by atoms with van der Waals surface area (Å²) >= 11 is 0. The molecule has 5 nitrogen and oxygen atoms in total. The summed E-state index contributed by atoms with van der Waals surface area (Å²) in [5.41, 5.74) is 0.310. The lowest BCUT2D eigenvalue weighted by Gasteiger charge is -2.38. The van der Waals surface area contributed by atoms with Gasteiger partial charge in [0.25, 0.3) is 0 Å². The van der Waals surface area contributed by atoms with E-state index in [4.69, 9.17) is 18.9 Å². The van der Waals surface area contributed by atoms with Gasteiger partial charge in [-0.2, -0.15) is 0 Å². The van der Waals surface area contributed by atoms with E-state index in [1.165, 1.54) is 7.11 Å². The molecule has 0 bridgehead atoms. The van der Waals surface area contributed by atoms with Crippen molar-refractivity contribution < 1.29 is 23.7 Å². The van der Waals surface area contributed by atoms with E-state index in [-0.39, 0.29) is 5.97 Å². The smallest absolute Gasteiger partial charge is 0.316 e. The molecule has 1 aromatic carbocycles. The lowest BCUT2D eigenvalue weighted by molar-refractivity contribution is -0.182. The Balaban J connectivity index is 2.28. The van der Waals surface area contributed by atoms with E-state index in [9.17, 15) is 4.79 Å². The molecular formula is C14H18O5. The van der Waals surface area contributed by atoms with Gasteiger partial charge in [-0.05, 0) is 30.2 Å². The largest absolute Gasteiger partial charge is 0.497 e. The molecule has 19 heavy (non-hydrogen) atoms. The highest BCUT2D eigenvalue weighted by Crippen LogP contribution is 2.37. The Bertz CT molecular complexity index is 465. The lowest BCUT2D eigenvalue weighted by atomic mass is 9.79. The van der Waals surface area contributed by atoms with Crippen LogP contribution in [0, 0.1) is 5.41 Å². The molecule has 1 fully saturated rings. The van der Waals surface area contributed by atoms with Crippen LogP contribution in [0.2, 0.25) is 0 Å². The van der Waals surface area contributed by atoms with Crippen LogP contribution in [-0.4, -0.2) is 40.5 Å². The van der Waals surface area contributed by atoms with Gasteiger partial charge in [-0.15, -0.1) is 0 Å². The third kappa shape index (κ3) is 2.51. The fourth-order valence-electron chi connectivity index (χ4n) is 2.24. The standard InChI is InChI=1S/C14H18O5/c1-16-11-4-5-12(17-2)10(6-11)7-14(8-19-9-14)13(15)18-3/h4-6H,7-9H2,1-3H3. The zero-order valence-electron chi connectivity index (χ0n) is 11.4. The predicted molar refractivity (Wildman–Crippen MR) is 68.5 cm³/mol. The summed E-state index contributed by atoms with van der Waals surface area (Å²) in [5, 5.41) is 0. The van der Waals surface area contributed by atoms with Crippen molar-refractivity contribution in [2.75, 3.05) is 34.5 Å². The Morgan fingerprint density at radius 2 is 2.00 bits per heavy atom. The van der Waals surface area contributed by atoms with E-state index in [0.717, 1.165) is 17.1 Å². The summed E-state index contributed by atoms with van der Waals surface area (Å²) in [4.78, 5) is 11.9. The first-order chi connectivity index (χ1) is 9.15. The van der Waals surface area contributed by atoms with Crippen LogP contribution in [-0.2, 0) is 20.7 Å². The van der Waals surface area contributed by atoms with Gasteiger partial charge in [0.2, 0.25) is 0 Å². The lowest BCUT2D eigenvalue weighted by Crippen LogP contribution is -2.51. The monoisotopic (exact) mass is 266 g/mol. The second kappa shape index (κ2) is 5.48. The molecule has 0 spiro atoms. The molecule has 0 unspecified atom stereocenters. The first kappa shape index (κ1) is 13.7. The highest BCUT2D eigenvalue weighted by Gasteiger charge is 2.47. The summed E-state index contributed by atoms with van der Waals surface area (Å²) < 4.78 is 20.6. The molecule has 0 atom stereocenters. The first-order valence-corrected chi connectivity index (χ1v) is 6.02. The molecular weight excluding hydrogens is 248 g/mol. The number of hydrogen-bond donors (Lipinski definition) is 0. The van der Waals surface area contributed by atoms with Crippen LogP contribution >= 0.6 is 0 Å². The number of rotatable bonds is 5. The number of methoxy groups -OCH3 is 3. The van der Waals surface area contributed by atoms with Gasteiger partial charge in [0.1, 0.15) is 16.9 Å². The molecule has 0 radical (unpaired) electrons. The number of carbonyl (C=O) groups is 1. The summed E-state index contributed by atoms with van der Waals surface area (Å²) in [6.07, 6.45) is 0.514. The normalized spacial score (nSPS) is 16.4. The van der Waals surface area contributed by atoms with Gasteiger partial charge in [0, 0.05) is 0 Å². The quantitative estimate of drug-likeness (QED) is 0.755. The zero-order valence-corrected chi connectivity index (χ0v) is 11.4. The van der Waals surface area contributed by atoms with E-state index >= 15 is 0 Å². The molecule has 0 aromatic heterocycles. The molecule has 104 valence electrons. The van der Waals surface area contributed by atoms with Gasteiger partial charge in [-0.3, -0.25) is 4.79 Å². The minimum atomic E-state index is -0.603. The van der Waals surface area contributed by atoms with Crippen LogP contribution in [0.25, 0.3) is 0 Å². The maximum Gasteiger partial charge on any atom is 0.316 e. The second-order valence-electron chi connectivity index (χ2n) is 4.62. The Morgan fingerprint density at radius 3 is 2.47 bits per heavy atom. The van der Waals surface area contributed by atoms with E-state index < -0.39 is 5.41 Å². The molecule has 1 aliphatic rings. The average molecular weight is 266 g/mol. The number of ether oxygens (including phenoxy) is 4. The fourth-order valence-corrected chi connectivity index (χ4v) is 2.24. The minimum absolute atomic E-state index is 0.247. The zero-order chi connectivity index (χ0) is 13.9. The molecule has 0 saturated carbocycles. The van der Waals surface area contributed by atoms with Gasteiger partial charge in [0.15, 0.2) is 0 Å². The van der Waals surface area contributed by atoms with Crippen LogP contribution in [0.15, 0.2) is 18.2 Å². The Morgan fingerprint density at radius 1 is 1.26 bits per heavy atom. The van der Waals surface area contributed by atoms with Crippen LogP contribution in [0.5, 0.6) is 11.5 Å². The van der Waals surface area contributed by atoms with Crippen molar-refractivity contribution in [1.29, 1.82) is 0 Å². The van der Waals surface area contributed by atoms with Gasteiger partial charge in [-0.1, -0.05) is 0 Å². The summed E-state index contributed by atoms with van der Waals surface area (Å²) in [6, 6.07) is 5.53. The van der Waals surface area contributed by atoms with Gasteiger partial charge < -0.3 is 18.9 Å². The van der Waals surface area contributed by atoms with Crippen molar-refractivity contribution in [2.24, 2.45) is 5.41 Å². The molecule has 2 rings (SSSR count). The molecule has 1 aromatic rings. The first-order valence-electron chi connectivity index (χ1n) is 6.02. The number of carbonyl (C=O) groups excluding carboxylic acids is 1. The summed E-state index contributed by atoms with van der Waals surface area (Å²) in [7, 11) is 4.60. The topological polar surface area (TPSA) is 54.0 Å². The molecule has 1 saturated heterocycles. The highest BCUT2D eigenvalue weighted by atomic mass is 16.5. The van der Waals surface area contributed by atoms with Crippen molar-refractivity contribution in [3.8, 4) is 11.5 Å². The Hall–Kier alpha value is -1.75. The SMILES string of the molecule is COC(=O)C1(Cc2cc(OC)ccc2OC)COC1. The van der Waals surface area contributed by atoms with Crippen molar-refractivity contribution in [3.05, 3.63) is 23.8 Å². The third-order valence-electron chi connectivity index (χ3n) is 3.39. The molecule has 1 heterocycles. The van der Waals surface area contributed by atoms with Gasteiger partial charge >= 0.3 is 5.97 Å². The molecule has 0 N–H and O–H groups in total. The number of benzene rings is 1. The van der Waals surface area contributed by atoms with Gasteiger partial charge in [0.05, 0.1) is 34.5 Å².